The van der Waals surface area contributed by atoms with E-state index >= 15 is 0 Å². The second kappa shape index (κ2) is 10.8. The Morgan fingerprint density at radius 3 is 2.27 bits per heavy atom. The normalized spacial score (nSPS) is 16.8. The highest BCUT2D eigenvalue weighted by molar-refractivity contribution is 7.16. The number of aryl methyl sites for hydroxylation is 1. The minimum atomic E-state index is -0.168. The molecule has 0 atom stereocenters. The third kappa shape index (κ3) is 4.81. The quantitative estimate of drug-likeness (QED) is 0.216. The molecule has 3 aliphatic rings. The number of thiophene rings is 1. The fourth-order valence-electron chi connectivity index (χ4n) is 6.24. The van der Waals surface area contributed by atoms with Gasteiger partial charge in [-0.1, -0.05) is 42.8 Å². The SMILES string of the molecule is Cc1cc2c(s1)Nc1ccccc1N=C2N1CCN(CCCCCN2C(=O)c3cccc4cccc(c34)C2=O)CC1. The van der Waals surface area contributed by atoms with Crippen LogP contribution in [0.3, 0.4) is 0 Å². The molecule has 0 bridgehead atoms. The van der Waals surface area contributed by atoms with Crippen LogP contribution < -0.4 is 5.32 Å². The highest BCUT2D eigenvalue weighted by Crippen LogP contribution is 2.39. The van der Waals surface area contributed by atoms with E-state index in [1.165, 1.54) is 20.3 Å². The summed E-state index contributed by atoms with van der Waals surface area (Å²) in [5.41, 5.74) is 4.50. The summed E-state index contributed by atoms with van der Waals surface area (Å²) in [6.07, 6.45) is 2.85. The topological polar surface area (TPSA) is 68.2 Å². The molecule has 7 nitrogen and oxygen atoms in total. The summed E-state index contributed by atoms with van der Waals surface area (Å²) >= 11 is 1.78. The Hall–Kier alpha value is -4.01. The average molecular weight is 564 g/mol. The van der Waals surface area contributed by atoms with E-state index in [0.717, 1.165) is 80.0 Å². The summed E-state index contributed by atoms with van der Waals surface area (Å²) in [5, 5.41) is 6.51. The lowest BCUT2D eigenvalue weighted by Gasteiger charge is -2.36. The first kappa shape index (κ1) is 25.9. The molecule has 1 N–H and O–H groups in total. The molecule has 4 aromatic rings. The largest absolute Gasteiger partial charge is 0.353 e. The summed E-state index contributed by atoms with van der Waals surface area (Å²) in [4.78, 5) is 39.1. The number of aliphatic imine (C=N–C) groups is 1. The molecule has 41 heavy (non-hydrogen) atoms. The maximum absolute atomic E-state index is 13.1. The van der Waals surface area contributed by atoms with Crippen molar-refractivity contribution < 1.29 is 9.59 Å². The van der Waals surface area contributed by atoms with Gasteiger partial charge in [0.1, 0.15) is 10.8 Å². The molecule has 7 rings (SSSR count). The lowest BCUT2D eigenvalue weighted by molar-refractivity contribution is 0.0607. The molecule has 3 aromatic carbocycles. The van der Waals surface area contributed by atoms with Gasteiger partial charge in [0.25, 0.3) is 11.8 Å². The van der Waals surface area contributed by atoms with Crippen molar-refractivity contribution in [1.82, 2.24) is 14.7 Å². The zero-order valence-corrected chi connectivity index (χ0v) is 24.0. The van der Waals surface area contributed by atoms with Crippen LogP contribution in [0, 0.1) is 6.92 Å². The van der Waals surface area contributed by atoms with Gasteiger partial charge < -0.3 is 10.2 Å². The van der Waals surface area contributed by atoms with Gasteiger partial charge in [-0.3, -0.25) is 19.4 Å². The molecule has 0 unspecified atom stereocenters. The molecule has 2 amide bonds. The Bertz CT molecular complexity index is 1630. The molecule has 8 heteroatoms. The number of hydrogen-bond acceptors (Lipinski definition) is 7. The van der Waals surface area contributed by atoms with Crippen LogP contribution in [0.5, 0.6) is 0 Å². The van der Waals surface area contributed by atoms with Gasteiger partial charge >= 0.3 is 0 Å². The molecule has 0 spiro atoms. The van der Waals surface area contributed by atoms with Gasteiger partial charge in [0.15, 0.2) is 0 Å². The minimum absolute atomic E-state index is 0.168. The predicted octanol–water partition coefficient (Wildman–Crippen LogP) is 6.43. The van der Waals surface area contributed by atoms with Crippen molar-refractivity contribution in [2.45, 2.75) is 26.2 Å². The first-order chi connectivity index (χ1) is 20.1. The van der Waals surface area contributed by atoms with Gasteiger partial charge in [-0.2, -0.15) is 0 Å². The molecular weight excluding hydrogens is 530 g/mol. The van der Waals surface area contributed by atoms with Gasteiger partial charge in [-0.15, -0.1) is 11.3 Å². The smallest absolute Gasteiger partial charge is 0.261 e. The number of nitrogens with zero attached hydrogens (tertiary/aromatic N) is 4. The number of imide groups is 1. The number of fused-ring (bicyclic) bond motifs is 2. The van der Waals surface area contributed by atoms with E-state index in [-0.39, 0.29) is 11.8 Å². The third-order valence-corrected chi connectivity index (χ3v) is 9.32. The monoisotopic (exact) mass is 563 g/mol. The van der Waals surface area contributed by atoms with Crippen LogP contribution in [0.2, 0.25) is 0 Å². The van der Waals surface area contributed by atoms with Crippen LogP contribution in [0.15, 0.2) is 71.7 Å². The molecule has 1 saturated heterocycles. The highest BCUT2D eigenvalue weighted by Gasteiger charge is 2.32. The molecule has 4 heterocycles. The van der Waals surface area contributed by atoms with Crippen molar-refractivity contribution >= 4 is 56.1 Å². The lowest BCUT2D eigenvalue weighted by Crippen LogP contribution is -2.49. The minimum Gasteiger partial charge on any atom is -0.353 e. The van der Waals surface area contributed by atoms with E-state index in [4.69, 9.17) is 4.99 Å². The fourth-order valence-corrected chi connectivity index (χ4v) is 7.16. The van der Waals surface area contributed by atoms with Crippen molar-refractivity contribution in [2.75, 3.05) is 44.6 Å². The van der Waals surface area contributed by atoms with Crippen LogP contribution in [-0.4, -0.2) is 71.6 Å². The number of hydrogen-bond donors (Lipinski definition) is 1. The van der Waals surface area contributed by atoms with Crippen molar-refractivity contribution in [3.05, 3.63) is 88.3 Å². The van der Waals surface area contributed by atoms with Gasteiger partial charge in [0, 0.05) is 54.1 Å². The summed E-state index contributed by atoms with van der Waals surface area (Å²) < 4.78 is 0. The number of piperazine rings is 1. The molecule has 1 fully saturated rings. The van der Waals surface area contributed by atoms with E-state index < -0.39 is 0 Å². The van der Waals surface area contributed by atoms with Gasteiger partial charge in [-0.05, 0) is 62.0 Å². The molecule has 0 radical (unpaired) electrons. The van der Waals surface area contributed by atoms with Crippen LogP contribution in [-0.2, 0) is 0 Å². The number of rotatable bonds is 6. The molecule has 0 saturated carbocycles. The van der Waals surface area contributed by atoms with Gasteiger partial charge in [0.2, 0.25) is 0 Å². The number of para-hydroxylation sites is 2. The molecule has 0 aliphatic carbocycles. The van der Waals surface area contributed by atoms with Crippen molar-refractivity contribution in [3.8, 4) is 0 Å². The van der Waals surface area contributed by atoms with Gasteiger partial charge in [0.05, 0.1) is 16.9 Å². The summed E-state index contributed by atoms with van der Waals surface area (Å²) in [7, 11) is 0. The first-order valence-electron chi connectivity index (χ1n) is 14.5. The second-order valence-corrected chi connectivity index (χ2v) is 12.3. The second-order valence-electron chi connectivity index (χ2n) is 11.0. The molecule has 3 aliphatic heterocycles. The number of amides is 2. The molecular formula is C33H33N5O2S. The highest BCUT2D eigenvalue weighted by atomic mass is 32.1. The Morgan fingerprint density at radius 2 is 1.51 bits per heavy atom. The maximum atomic E-state index is 13.1. The number of unbranched alkanes of at least 4 members (excludes halogenated alkanes) is 2. The Morgan fingerprint density at radius 1 is 0.805 bits per heavy atom. The standard InChI is InChI=1S/C33H33N5O2S/c1-22-21-26-30(34-27-13-3-4-14-28(27)35-31(26)41-22)37-19-17-36(18-20-37)15-5-2-6-16-38-32(39)24-11-7-9-23-10-8-12-25(29(23)24)33(38)40/h3-4,7-14,21,35H,2,5-6,15-20H2,1H3. The maximum Gasteiger partial charge on any atom is 0.261 e. The Balaban J connectivity index is 0.925. The van der Waals surface area contributed by atoms with Crippen molar-refractivity contribution in [3.63, 3.8) is 0 Å². The Labute approximate surface area is 244 Å². The molecule has 208 valence electrons. The predicted molar refractivity (Wildman–Crippen MR) is 166 cm³/mol. The molecule has 1 aromatic heterocycles. The number of benzene rings is 3. The number of amidine groups is 1. The summed E-state index contributed by atoms with van der Waals surface area (Å²) in [6, 6.07) is 21.9. The van der Waals surface area contributed by atoms with Crippen LogP contribution >= 0.6 is 11.3 Å². The summed E-state index contributed by atoms with van der Waals surface area (Å²) in [6.45, 7) is 7.52. The van der Waals surface area contributed by atoms with Crippen molar-refractivity contribution in [2.24, 2.45) is 4.99 Å². The Kier molecular flexibility index (Phi) is 6.80. The lowest BCUT2D eigenvalue weighted by atomic mass is 9.94. The van der Waals surface area contributed by atoms with Crippen molar-refractivity contribution in [1.29, 1.82) is 0 Å². The van der Waals surface area contributed by atoms with E-state index in [0.29, 0.717) is 17.7 Å². The third-order valence-electron chi connectivity index (χ3n) is 8.36. The van der Waals surface area contributed by atoms with Crippen LogP contribution in [0.1, 0.15) is 50.4 Å². The van der Waals surface area contributed by atoms with E-state index in [1.807, 2.05) is 48.5 Å². The zero-order chi connectivity index (χ0) is 27.9. The average Bonchev–Trinajstić information content (AvgIpc) is 3.28. The zero-order valence-electron chi connectivity index (χ0n) is 23.2. The number of anilines is 2. The number of carbonyl (C=O) groups is 2. The van der Waals surface area contributed by atoms with Gasteiger partial charge in [-0.25, -0.2) is 4.99 Å². The number of nitrogens with one attached hydrogen (secondary N) is 1. The summed E-state index contributed by atoms with van der Waals surface area (Å²) in [5.74, 6) is 0.729. The van der Waals surface area contributed by atoms with E-state index in [1.54, 1.807) is 11.3 Å². The first-order valence-corrected chi connectivity index (χ1v) is 15.3. The van der Waals surface area contributed by atoms with E-state index in [9.17, 15) is 9.59 Å². The van der Waals surface area contributed by atoms with Crippen LogP contribution in [0.4, 0.5) is 16.4 Å². The van der Waals surface area contributed by atoms with E-state index in [2.05, 4.69) is 40.2 Å². The fraction of sp³-hybridized carbons (Fsp3) is 0.303. The van der Waals surface area contributed by atoms with Crippen LogP contribution in [0.25, 0.3) is 10.8 Å². The number of carbonyl (C=O) groups excluding carboxylic acids is 2.